The summed E-state index contributed by atoms with van der Waals surface area (Å²) >= 11 is 0. The van der Waals surface area contributed by atoms with E-state index in [4.69, 9.17) is 0 Å². The highest BCUT2D eigenvalue weighted by molar-refractivity contribution is 6.10. The number of amides is 4. The van der Waals surface area contributed by atoms with Gasteiger partial charge in [-0.25, -0.2) is 4.79 Å². The van der Waals surface area contributed by atoms with E-state index in [1.165, 1.54) is 5.56 Å². The Labute approximate surface area is 183 Å². The average molecular weight is 420 g/mol. The minimum absolute atomic E-state index is 0.0145. The van der Waals surface area contributed by atoms with Gasteiger partial charge in [-0.3, -0.25) is 14.5 Å². The molecule has 2 atom stereocenters. The molecule has 6 nitrogen and oxygen atoms in total. The molecule has 6 heteroatoms. The van der Waals surface area contributed by atoms with Crippen LogP contribution in [0.15, 0.2) is 48.5 Å². The molecule has 2 aromatic carbocycles. The number of nitrogens with zero attached hydrogens (tertiary/aromatic N) is 2. The van der Waals surface area contributed by atoms with Crippen molar-refractivity contribution in [3.63, 3.8) is 0 Å². The third-order valence-corrected chi connectivity index (χ3v) is 6.43. The maximum absolute atomic E-state index is 13.3. The Kier molecular flexibility index (Phi) is 5.56. The predicted molar refractivity (Wildman–Crippen MR) is 120 cm³/mol. The molecule has 31 heavy (non-hydrogen) atoms. The summed E-state index contributed by atoms with van der Waals surface area (Å²) in [4.78, 5) is 42.0. The lowest BCUT2D eigenvalue weighted by Gasteiger charge is -2.36. The topological polar surface area (TPSA) is 69.7 Å². The number of urea groups is 1. The van der Waals surface area contributed by atoms with Gasteiger partial charge in [-0.15, -0.1) is 0 Å². The first-order valence-electron chi connectivity index (χ1n) is 11.0. The molecule has 1 saturated heterocycles. The van der Waals surface area contributed by atoms with Crippen LogP contribution in [0.3, 0.4) is 0 Å². The first kappa shape index (κ1) is 21.1. The molecule has 2 unspecified atom stereocenters. The zero-order valence-electron chi connectivity index (χ0n) is 18.4. The number of imide groups is 1. The van der Waals surface area contributed by atoms with Crippen molar-refractivity contribution in [3.8, 4) is 0 Å². The Morgan fingerprint density at radius 1 is 1.13 bits per heavy atom. The first-order valence-corrected chi connectivity index (χ1v) is 11.0. The first-order chi connectivity index (χ1) is 14.8. The normalized spacial score (nSPS) is 23.0. The summed E-state index contributed by atoms with van der Waals surface area (Å²) in [5.41, 5.74) is 2.72. The van der Waals surface area contributed by atoms with Gasteiger partial charge in [0.2, 0.25) is 5.91 Å². The van der Waals surface area contributed by atoms with Crippen molar-refractivity contribution in [3.05, 3.63) is 65.2 Å². The van der Waals surface area contributed by atoms with E-state index >= 15 is 0 Å². The van der Waals surface area contributed by atoms with Crippen LogP contribution >= 0.6 is 0 Å². The van der Waals surface area contributed by atoms with E-state index in [1.807, 2.05) is 55.5 Å². The summed E-state index contributed by atoms with van der Waals surface area (Å²) in [6, 6.07) is 15.1. The lowest BCUT2D eigenvalue weighted by atomic mass is 9.91. The van der Waals surface area contributed by atoms with Gasteiger partial charge >= 0.3 is 6.03 Å². The number of hydrogen-bond donors (Lipinski definition) is 1. The second-order valence-electron chi connectivity index (χ2n) is 8.67. The summed E-state index contributed by atoms with van der Waals surface area (Å²) in [5, 5.41) is 2.80. The van der Waals surface area contributed by atoms with Gasteiger partial charge in [-0.1, -0.05) is 55.8 Å². The molecule has 0 aromatic heterocycles. The van der Waals surface area contributed by atoms with Gasteiger partial charge in [0, 0.05) is 11.7 Å². The molecule has 2 aliphatic rings. The van der Waals surface area contributed by atoms with Crippen LogP contribution in [0, 0.1) is 0 Å². The quantitative estimate of drug-likeness (QED) is 0.750. The molecule has 0 radical (unpaired) electrons. The molecular weight excluding hydrogens is 390 g/mol. The number of rotatable bonds is 5. The van der Waals surface area contributed by atoms with Gasteiger partial charge in [0.1, 0.15) is 12.1 Å². The molecule has 2 aliphatic heterocycles. The summed E-state index contributed by atoms with van der Waals surface area (Å²) in [5.74, 6) is -0.641. The van der Waals surface area contributed by atoms with Crippen molar-refractivity contribution in [2.45, 2.75) is 58.0 Å². The number of para-hydroxylation sites is 1. The van der Waals surface area contributed by atoms with Crippen LogP contribution in [0.1, 0.15) is 50.3 Å². The average Bonchev–Trinajstić information content (AvgIpc) is 2.98. The van der Waals surface area contributed by atoms with Gasteiger partial charge in [-0.05, 0) is 55.9 Å². The molecule has 2 heterocycles. The Hall–Kier alpha value is -3.15. The maximum atomic E-state index is 13.3. The van der Waals surface area contributed by atoms with Gasteiger partial charge in [-0.2, -0.15) is 0 Å². The van der Waals surface area contributed by atoms with Crippen LogP contribution < -0.4 is 10.2 Å². The fourth-order valence-corrected chi connectivity index (χ4v) is 4.61. The van der Waals surface area contributed by atoms with Crippen LogP contribution in [0.5, 0.6) is 0 Å². The third-order valence-electron chi connectivity index (χ3n) is 6.43. The summed E-state index contributed by atoms with van der Waals surface area (Å²) < 4.78 is 0. The molecule has 4 rings (SSSR count). The summed E-state index contributed by atoms with van der Waals surface area (Å²) in [7, 11) is 0. The second-order valence-corrected chi connectivity index (χ2v) is 8.67. The zero-order valence-corrected chi connectivity index (χ0v) is 18.4. The molecule has 0 saturated carbocycles. The maximum Gasteiger partial charge on any atom is 0.325 e. The standard InChI is InChI=1S/C25H29N3O3/c1-4-7-18-11-14-20(15-12-18)25(3)23(30)27(24(31)26-25)16-22(29)28-17(2)10-13-19-8-5-6-9-21(19)28/h5-6,8-9,11-12,14-15,17H,4,7,10,13,16H2,1-3H3,(H,26,31). The number of carbonyl (C=O) groups excluding carboxylic acids is 3. The van der Waals surface area contributed by atoms with Gasteiger partial charge < -0.3 is 10.2 Å². The smallest absolute Gasteiger partial charge is 0.319 e. The van der Waals surface area contributed by atoms with Gasteiger partial charge in [0.25, 0.3) is 5.91 Å². The minimum Gasteiger partial charge on any atom is -0.319 e. The van der Waals surface area contributed by atoms with E-state index < -0.39 is 17.5 Å². The van der Waals surface area contributed by atoms with E-state index in [1.54, 1.807) is 11.8 Å². The number of carbonyl (C=O) groups is 3. The second kappa shape index (κ2) is 8.17. The van der Waals surface area contributed by atoms with E-state index in [0.717, 1.165) is 47.4 Å². The molecule has 162 valence electrons. The number of fused-ring (bicyclic) bond motifs is 1. The van der Waals surface area contributed by atoms with Crippen molar-refractivity contribution >= 4 is 23.5 Å². The molecule has 1 fully saturated rings. The lowest BCUT2D eigenvalue weighted by molar-refractivity contribution is -0.134. The SMILES string of the molecule is CCCc1ccc(C2(C)NC(=O)N(CC(=O)N3c4ccccc4CCC3C)C2=O)cc1. The Bertz CT molecular complexity index is 1020. The highest BCUT2D eigenvalue weighted by Gasteiger charge is 2.50. The predicted octanol–water partition coefficient (Wildman–Crippen LogP) is 3.77. The molecule has 0 spiro atoms. The molecule has 0 aliphatic carbocycles. The fraction of sp³-hybridized carbons (Fsp3) is 0.400. The van der Waals surface area contributed by atoms with E-state index in [-0.39, 0.29) is 18.5 Å². The van der Waals surface area contributed by atoms with Crippen LogP contribution in [-0.4, -0.2) is 35.3 Å². The van der Waals surface area contributed by atoms with Gasteiger partial charge in [0.05, 0.1) is 0 Å². The number of benzene rings is 2. The fourth-order valence-electron chi connectivity index (χ4n) is 4.61. The highest BCUT2D eigenvalue weighted by atomic mass is 16.2. The minimum atomic E-state index is -1.17. The van der Waals surface area contributed by atoms with Gasteiger partial charge in [0.15, 0.2) is 0 Å². The van der Waals surface area contributed by atoms with Crippen molar-refractivity contribution in [2.24, 2.45) is 0 Å². The van der Waals surface area contributed by atoms with Crippen molar-refractivity contribution in [1.82, 2.24) is 10.2 Å². The summed E-state index contributed by atoms with van der Waals surface area (Å²) in [6.45, 7) is 5.55. The van der Waals surface area contributed by atoms with E-state index in [9.17, 15) is 14.4 Å². The third kappa shape index (κ3) is 3.71. The lowest BCUT2D eigenvalue weighted by Crippen LogP contribution is -2.49. The Morgan fingerprint density at radius 3 is 2.55 bits per heavy atom. The van der Waals surface area contributed by atoms with Crippen molar-refractivity contribution in [1.29, 1.82) is 0 Å². The Balaban J connectivity index is 1.55. The van der Waals surface area contributed by atoms with E-state index in [2.05, 4.69) is 12.2 Å². The van der Waals surface area contributed by atoms with Crippen LogP contribution in [0.25, 0.3) is 0 Å². The highest BCUT2D eigenvalue weighted by Crippen LogP contribution is 2.32. The number of hydrogen-bond acceptors (Lipinski definition) is 3. The van der Waals surface area contributed by atoms with E-state index in [0.29, 0.717) is 0 Å². The largest absolute Gasteiger partial charge is 0.325 e. The molecule has 0 bridgehead atoms. The zero-order chi connectivity index (χ0) is 22.2. The monoisotopic (exact) mass is 419 g/mol. The van der Waals surface area contributed by atoms with Crippen LogP contribution in [0.2, 0.25) is 0 Å². The molecule has 4 amide bonds. The van der Waals surface area contributed by atoms with Crippen molar-refractivity contribution < 1.29 is 14.4 Å². The Morgan fingerprint density at radius 2 is 1.84 bits per heavy atom. The molecular formula is C25H29N3O3. The van der Waals surface area contributed by atoms with Crippen molar-refractivity contribution in [2.75, 3.05) is 11.4 Å². The number of nitrogens with one attached hydrogen (secondary N) is 1. The molecule has 1 N–H and O–H groups in total. The molecule has 2 aromatic rings. The number of aryl methyl sites for hydroxylation is 2. The van der Waals surface area contributed by atoms with Crippen LogP contribution in [-0.2, 0) is 28.0 Å². The van der Waals surface area contributed by atoms with Crippen LogP contribution in [0.4, 0.5) is 10.5 Å². The number of anilines is 1. The summed E-state index contributed by atoms with van der Waals surface area (Å²) in [6.07, 6.45) is 3.77.